The van der Waals surface area contributed by atoms with Crippen molar-refractivity contribution in [1.82, 2.24) is 4.98 Å². The molecule has 0 spiro atoms. The summed E-state index contributed by atoms with van der Waals surface area (Å²) in [5, 5.41) is 28.9. The van der Waals surface area contributed by atoms with Gasteiger partial charge in [-0.2, -0.15) is 0 Å². The molecule has 150 valence electrons. The van der Waals surface area contributed by atoms with Crippen LogP contribution in [0.2, 0.25) is 0 Å². The van der Waals surface area contributed by atoms with Gasteiger partial charge < -0.3 is 25.5 Å². The van der Waals surface area contributed by atoms with E-state index in [2.05, 4.69) is 4.98 Å². The third-order valence-corrected chi connectivity index (χ3v) is 4.66. The van der Waals surface area contributed by atoms with E-state index in [9.17, 15) is 15.3 Å². The summed E-state index contributed by atoms with van der Waals surface area (Å²) < 4.78 is 5.25. The zero-order valence-corrected chi connectivity index (χ0v) is 16.4. The van der Waals surface area contributed by atoms with Crippen LogP contribution < -0.4 is 5.73 Å². The maximum absolute atomic E-state index is 10.3. The minimum atomic E-state index is -1.20. The van der Waals surface area contributed by atoms with Gasteiger partial charge in [0, 0.05) is 12.5 Å². The fourth-order valence-electron chi connectivity index (χ4n) is 2.91. The number of hydrogen-bond acceptors (Lipinski definition) is 6. The van der Waals surface area contributed by atoms with Gasteiger partial charge in [-0.25, -0.2) is 4.98 Å². The summed E-state index contributed by atoms with van der Waals surface area (Å²) in [5.41, 5.74) is 9.17. The highest BCUT2D eigenvalue weighted by atomic mass is 35.5. The van der Waals surface area contributed by atoms with Gasteiger partial charge in [-0.1, -0.05) is 48.5 Å². The van der Waals surface area contributed by atoms with E-state index in [-0.39, 0.29) is 18.8 Å². The molecular weight excluding hydrogens is 380 g/mol. The van der Waals surface area contributed by atoms with E-state index in [0.29, 0.717) is 11.5 Å². The van der Waals surface area contributed by atoms with Crippen molar-refractivity contribution in [1.29, 1.82) is 0 Å². The first-order chi connectivity index (χ1) is 12.9. The Hall–Kier alpha value is -2.22. The van der Waals surface area contributed by atoms with Crippen LogP contribution in [0.5, 0.6) is 0 Å². The second-order valence-electron chi connectivity index (χ2n) is 6.85. The number of oxazole rings is 1. The lowest BCUT2D eigenvalue weighted by Crippen LogP contribution is -2.48. The summed E-state index contributed by atoms with van der Waals surface area (Å²) >= 11 is 0. The van der Waals surface area contributed by atoms with Crippen LogP contribution >= 0.6 is 12.4 Å². The molecule has 3 rings (SSSR count). The van der Waals surface area contributed by atoms with Crippen LogP contribution in [0.4, 0.5) is 0 Å². The largest absolute Gasteiger partial charge is 0.449 e. The number of nitrogens with two attached hydrogens (primary N) is 1. The molecule has 0 fully saturated rings. The molecule has 28 heavy (non-hydrogen) atoms. The zero-order chi connectivity index (χ0) is 19.4. The average molecular weight is 405 g/mol. The van der Waals surface area contributed by atoms with Crippen molar-refractivity contribution in [2.24, 2.45) is 5.73 Å². The Balaban J connectivity index is 0.00000280. The standard InChI is InChI=1S/C21H24N2O4.ClH/c1-14-23-19(11-27-14)17-6-2-15(3-7-17)16-4-8-18(9-5-16)20(26)10-21(22,12-24)13-25;/h2-9,11,20,24-26H,10,12-13,22H2,1H3;1H. The molecule has 1 atom stereocenters. The number of hydrogen-bond donors (Lipinski definition) is 4. The van der Waals surface area contributed by atoms with E-state index in [1.54, 1.807) is 6.26 Å². The maximum atomic E-state index is 10.3. The second kappa shape index (κ2) is 9.32. The van der Waals surface area contributed by atoms with E-state index in [4.69, 9.17) is 10.2 Å². The van der Waals surface area contributed by atoms with Crippen LogP contribution in [0.3, 0.4) is 0 Å². The van der Waals surface area contributed by atoms with E-state index < -0.39 is 24.9 Å². The summed E-state index contributed by atoms with van der Waals surface area (Å²) in [6.07, 6.45) is 0.850. The maximum Gasteiger partial charge on any atom is 0.191 e. The van der Waals surface area contributed by atoms with Crippen LogP contribution in [-0.2, 0) is 0 Å². The third-order valence-electron chi connectivity index (χ3n) is 4.66. The number of rotatable bonds is 7. The summed E-state index contributed by atoms with van der Waals surface area (Å²) in [7, 11) is 0. The minimum absolute atomic E-state index is 0. The van der Waals surface area contributed by atoms with Gasteiger partial charge in [0.25, 0.3) is 0 Å². The highest BCUT2D eigenvalue weighted by Crippen LogP contribution is 2.27. The Morgan fingerprint density at radius 3 is 1.93 bits per heavy atom. The zero-order valence-electron chi connectivity index (χ0n) is 15.6. The monoisotopic (exact) mass is 404 g/mol. The fourth-order valence-corrected chi connectivity index (χ4v) is 2.91. The molecule has 0 amide bonds. The predicted molar refractivity (Wildman–Crippen MR) is 110 cm³/mol. The van der Waals surface area contributed by atoms with Crippen molar-refractivity contribution < 1.29 is 19.7 Å². The molecule has 6 nitrogen and oxygen atoms in total. The lowest BCUT2D eigenvalue weighted by molar-refractivity contribution is 0.0618. The SMILES string of the molecule is Cc1nc(-c2ccc(-c3ccc(C(O)CC(N)(CO)CO)cc3)cc2)co1.Cl. The summed E-state index contributed by atoms with van der Waals surface area (Å²) in [4.78, 5) is 4.32. The quantitative estimate of drug-likeness (QED) is 0.481. The molecule has 7 heteroatoms. The van der Waals surface area contributed by atoms with Crippen LogP contribution in [0.1, 0.15) is 24.0 Å². The van der Waals surface area contributed by atoms with Crippen molar-refractivity contribution in [3.05, 3.63) is 66.2 Å². The van der Waals surface area contributed by atoms with Crippen molar-refractivity contribution in [3.8, 4) is 22.4 Å². The molecule has 5 N–H and O–H groups in total. The lowest BCUT2D eigenvalue weighted by Gasteiger charge is -2.27. The molecule has 0 aliphatic heterocycles. The molecule has 3 aromatic rings. The molecule has 1 heterocycles. The molecule has 0 aliphatic carbocycles. The Kier molecular flexibility index (Phi) is 7.35. The highest BCUT2D eigenvalue weighted by molar-refractivity contribution is 5.85. The van der Waals surface area contributed by atoms with Crippen molar-refractivity contribution in [3.63, 3.8) is 0 Å². The van der Waals surface area contributed by atoms with Crippen LogP contribution in [0, 0.1) is 6.92 Å². The van der Waals surface area contributed by atoms with E-state index >= 15 is 0 Å². The molecule has 0 radical (unpaired) electrons. The fraction of sp³-hybridized carbons (Fsp3) is 0.286. The number of aryl methyl sites for hydroxylation is 1. The van der Waals surface area contributed by atoms with Crippen molar-refractivity contribution in [2.45, 2.75) is 25.0 Å². The van der Waals surface area contributed by atoms with E-state index in [1.165, 1.54) is 0 Å². The van der Waals surface area contributed by atoms with Gasteiger partial charge >= 0.3 is 0 Å². The first-order valence-electron chi connectivity index (χ1n) is 8.76. The molecule has 0 saturated carbocycles. The third kappa shape index (κ3) is 4.98. The number of nitrogens with zero attached hydrogens (tertiary/aromatic N) is 1. The minimum Gasteiger partial charge on any atom is -0.449 e. The molecular formula is C21H25ClN2O4. The van der Waals surface area contributed by atoms with E-state index in [0.717, 1.165) is 22.4 Å². The molecule has 0 saturated heterocycles. The number of aliphatic hydroxyl groups is 3. The van der Waals surface area contributed by atoms with Gasteiger partial charge in [0.1, 0.15) is 12.0 Å². The molecule has 0 aliphatic rings. The molecule has 0 bridgehead atoms. The molecule has 2 aromatic carbocycles. The van der Waals surface area contributed by atoms with E-state index in [1.807, 2.05) is 55.5 Å². The normalized spacial score (nSPS) is 12.5. The smallest absolute Gasteiger partial charge is 0.191 e. The van der Waals surface area contributed by atoms with Crippen LogP contribution in [-0.4, -0.2) is 39.1 Å². The van der Waals surface area contributed by atoms with Gasteiger partial charge in [-0.05, 0) is 23.1 Å². The first-order valence-corrected chi connectivity index (χ1v) is 8.76. The summed E-state index contributed by atoms with van der Waals surface area (Å²) in [6, 6.07) is 15.5. The lowest BCUT2D eigenvalue weighted by atomic mass is 9.91. The van der Waals surface area contributed by atoms with Crippen LogP contribution in [0.15, 0.2) is 59.2 Å². The Morgan fingerprint density at radius 2 is 1.46 bits per heavy atom. The number of benzene rings is 2. The summed E-state index contributed by atoms with van der Waals surface area (Å²) in [5.74, 6) is 0.632. The number of aliphatic hydroxyl groups excluding tert-OH is 3. The average Bonchev–Trinajstić information content (AvgIpc) is 3.14. The molecule has 1 unspecified atom stereocenters. The number of aromatic nitrogens is 1. The molecule has 1 aromatic heterocycles. The Labute approximate surface area is 170 Å². The Bertz CT molecular complexity index is 874. The van der Waals surface area contributed by atoms with Gasteiger partial charge in [-0.3, -0.25) is 0 Å². The second-order valence-corrected chi connectivity index (χ2v) is 6.85. The van der Waals surface area contributed by atoms with Gasteiger partial charge in [0.05, 0.1) is 24.9 Å². The number of halogens is 1. The van der Waals surface area contributed by atoms with Crippen LogP contribution in [0.25, 0.3) is 22.4 Å². The van der Waals surface area contributed by atoms with Gasteiger partial charge in [-0.15, -0.1) is 12.4 Å². The first kappa shape index (κ1) is 22.1. The van der Waals surface area contributed by atoms with Crippen molar-refractivity contribution in [2.75, 3.05) is 13.2 Å². The topological polar surface area (TPSA) is 113 Å². The highest BCUT2D eigenvalue weighted by Gasteiger charge is 2.27. The summed E-state index contributed by atoms with van der Waals surface area (Å²) in [6.45, 7) is 1.02. The Morgan fingerprint density at radius 1 is 0.964 bits per heavy atom. The predicted octanol–water partition coefficient (Wildman–Crippen LogP) is 2.84. The van der Waals surface area contributed by atoms with Gasteiger partial charge in [0.15, 0.2) is 5.89 Å². The van der Waals surface area contributed by atoms with Crippen molar-refractivity contribution >= 4 is 12.4 Å². The van der Waals surface area contributed by atoms with Gasteiger partial charge in [0.2, 0.25) is 0 Å².